The van der Waals surface area contributed by atoms with Crippen molar-refractivity contribution in [3.8, 4) is 5.75 Å². The molecule has 3 nitrogen and oxygen atoms in total. The van der Waals surface area contributed by atoms with Crippen molar-refractivity contribution in [2.75, 3.05) is 32.7 Å². The van der Waals surface area contributed by atoms with Gasteiger partial charge in [0.2, 0.25) is 0 Å². The van der Waals surface area contributed by atoms with Crippen LogP contribution in [0.5, 0.6) is 5.75 Å². The van der Waals surface area contributed by atoms with Crippen LogP contribution in [-0.4, -0.2) is 42.7 Å². The van der Waals surface area contributed by atoms with Gasteiger partial charge in [-0.25, -0.2) is 0 Å². The van der Waals surface area contributed by atoms with Crippen LogP contribution >= 0.6 is 0 Å². The minimum Gasteiger partial charge on any atom is -0.507 e. The number of nitrogens with zero attached hydrogens (tertiary/aromatic N) is 1. The summed E-state index contributed by atoms with van der Waals surface area (Å²) in [6.07, 6.45) is 1.04. The Hall–Kier alpha value is -1.58. The van der Waals surface area contributed by atoms with Crippen LogP contribution in [0.2, 0.25) is 0 Å². The SMILES string of the molecule is Oc1ccc(CCN2CCNCC2)c2ccccc12. The van der Waals surface area contributed by atoms with Gasteiger partial charge in [0.25, 0.3) is 0 Å². The van der Waals surface area contributed by atoms with Crippen LogP contribution < -0.4 is 5.32 Å². The number of piperazine rings is 1. The molecule has 0 amide bonds. The van der Waals surface area contributed by atoms with Gasteiger partial charge in [-0.1, -0.05) is 30.3 Å². The molecule has 19 heavy (non-hydrogen) atoms. The summed E-state index contributed by atoms with van der Waals surface area (Å²) in [6.45, 7) is 5.55. The number of aromatic hydroxyl groups is 1. The number of phenols is 1. The Morgan fingerprint density at radius 2 is 1.74 bits per heavy atom. The molecule has 0 aromatic heterocycles. The highest BCUT2D eigenvalue weighted by Gasteiger charge is 2.10. The molecule has 3 rings (SSSR count). The monoisotopic (exact) mass is 256 g/mol. The Morgan fingerprint density at radius 1 is 1.00 bits per heavy atom. The third kappa shape index (κ3) is 2.72. The van der Waals surface area contributed by atoms with Crippen LogP contribution in [0.4, 0.5) is 0 Å². The fourth-order valence-corrected chi connectivity index (χ4v) is 2.78. The van der Waals surface area contributed by atoms with Crippen molar-refractivity contribution in [2.45, 2.75) is 6.42 Å². The number of hydrogen-bond donors (Lipinski definition) is 2. The van der Waals surface area contributed by atoms with Crippen LogP contribution in [0.15, 0.2) is 36.4 Å². The molecule has 1 aliphatic rings. The summed E-state index contributed by atoms with van der Waals surface area (Å²) in [7, 11) is 0. The number of rotatable bonds is 3. The van der Waals surface area contributed by atoms with E-state index in [1.54, 1.807) is 0 Å². The molecule has 1 fully saturated rings. The highest BCUT2D eigenvalue weighted by atomic mass is 16.3. The molecule has 2 aromatic carbocycles. The van der Waals surface area contributed by atoms with Gasteiger partial charge in [-0.15, -0.1) is 0 Å². The predicted octanol–water partition coefficient (Wildman–Crippen LogP) is 1.99. The lowest BCUT2D eigenvalue weighted by Crippen LogP contribution is -2.44. The predicted molar refractivity (Wildman–Crippen MR) is 78.6 cm³/mol. The molecule has 0 unspecified atom stereocenters. The maximum Gasteiger partial charge on any atom is 0.123 e. The second-order valence-corrected chi connectivity index (χ2v) is 5.13. The summed E-state index contributed by atoms with van der Waals surface area (Å²) in [4.78, 5) is 2.50. The van der Waals surface area contributed by atoms with E-state index in [-0.39, 0.29) is 0 Å². The van der Waals surface area contributed by atoms with Crippen LogP contribution in [0.1, 0.15) is 5.56 Å². The van der Waals surface area contributed by atoms with Crippen molar-refractivity contribution < 1.29 is 5.11 Å². The van der Waals surface area contributed by atoms with Gasteiger partial charge in [-0.05, 0) is 23.4 Å². The first-order valence-electron chi connectivity index (χ1n) is 6.97. The number of nitrogens with one attached hydrogen (secondary N) is 1. The molecule has 3 heteroatoms. The lowest BCUT2D eigenvalue weighted by atomic mass is 10.0. The van der Waals surface area contributed by atoms with Crippen LogP contribution in [0.25, 0.3) is 10.8 Å². The Labute approximate surface area is 113 Å². The number of hydrogen-bond acceptors (Lipinski definition) is 3. The van der Waals surface area contributed by atoms with E-state index >= 15 is 0 Å². The average molecular weight is 256 g/mol. The van der Waals surface area contributed by atoms with Crippen LogP contribution in [0, 0.1) is 0 Å². The maximum absolute atomic E-state index is 9.89. The third-order valence-corrected chi connectivity index (χ3v) is 3.90. The summed E-state index contributed by atoms with van der Waals surface area (Å²) in [5, 5.41) is 15.4. The van der Waals surface area contributed by atoms with E-state index in [1.165, 1.54) is 10.9 Å². The Kier molecular flexibility index (Phi) is 3.67. The average Bonchev–Trinajstić information content (AvgIpc) is 2.48. The summed E-state index contributed by atoms with van der Waals surface area (Å²) in [5.41, 5.74) is 1.33. The first-order chi connectivity index (χ1) is 9.34. The third-order valence-electron chi connectivity index (χ3n) is 3.90. The molecule has 1 aliphatic heterocycles. The Morgan fingerprint density at radius 3 is 2.53 bits per heavy atom. The molecule has 0 bridgehead atoms. The smallest absolute Gasteiger partial charge is 0.123 e. The van der Waals surface area contributed by atoms with Gasteiger partial charge in [0.1, 0.15) is 5.75 Å². The molecule has 0 atom stereocenters. The highest BCUT2D eigenvalue weighted by molar-refractivity contribution is 5.90. The Bertz CT molecular complexity index is 562. The molecular weight excluding hydrogens is 236 g/mol. The highest BCUT2D eigenvalue weighted by Crippen LogP contribution is 2.27. The van der Waals surface area contributed by atoms with Gasteiger partial charge < -0.3 is 15.3 Å². The molecule has 1 heterocycles. The van der Waals surface area contributed by atoms with Gasteiger partial charge in [0.05, 0.1) is 0 Å². The van der Waals surface area contributed by atoms with Gasteiger partial charge in [0.15, 0.2) is 0 Å². The molecule has 0 saturated carbocycles. The minimum absolute atomic E-state index is 0.376. The molecular formula is C16H20N2O. The van der Waals surface area contributed by atoms with Crippen LogP contribution in [-0.2, 0) is 6.42 Å². The minimum atomic E-state index is 0.376. The first kappa shape index (κ1) is 12.5. The molecule has 0 radical (unpaired) electrons. The van der Waals surface area contributed by atoms with Crippen molar-refractivity contribution in [1.82, 2.24) is 10.2 Å². The van der Waals surface area contributed by atoms with E-state index in [1.807, 2.05) is 24.3 Å². The molecule has 100 valence electrons. The lowest BCUT2D eigenvalue weighted by Gasteiger charge is -2.27. The molecule has 0 spiro atoms. The number of fused-ring (bicyclic) bond motifs is 1. The molecule has 1 saturated heterocycles. The van der Waals surface area contributed by atoms with Crippen molar-refractivity contribution in [1.29, 1.82) is 0 Å². The zero-order valence-electron chi connectivity index (χ0n) is 11.1. The zero-order valence-corrected chi connectivity index (χ0v) is 11.1. The number of benzene rings is 2. The first-order valence-corrected chi connectivity index (χ1v) is 6.97. The zero-order chi connectivity index (χ0) is 13.1. The summed E-state index contributed by atoms with van der Waals surface area (Å²) in [5.74, 6) is 0.376. The van der Waals surface area contributed by atoms with Gasteiger partial charge in [0, 0.05) is 38.1 Å². The number of phenolic OH excluding ortho intramolecular Hbond substituents is 1. The molecule has 2 aromatic rings. The van der Waals surface area contributed by atoms with Crippen LogP contribution in [0.3, 0.4) is 0 Å². The van der Waals surface area contributed by atoms with E-state index < -0.39 is 0 Å². The van der Waals surface area contributed by atoms with E-state index in [2.05, 4.69) is 22.3 Å². The fraction of sp³-hybridized carbons (Fsp3) is 0.375. The largest absolute Gasteiger partial charge is 0.507 e. The van der Waals surface area contributed by atoms with E-state index in [9.17, 15) is 5.11 Å². The normalized spacial score (nSPS) is 16.8. The molecule has 0 aliphatic carbocycles. The van der Waals surface area contributed by atoms with E-state index in [0.29, 0.717) is 5.75 Å². The van der Waals surface area contributed by atoms with Crippen molar-refractivity contribution in [2.24, 2.45) is 0 Å². The van der Waals surface area contributed by atoms with Gasteiger partial charge in [-0.2, -0.15) is 0 Å². The Balaban J connectivity index is 1.79. The summed E-state index contributed by atoms with van der Waals surface area (Å²) >= 11 is 0. The lowest BCUT2D eigenvalue weighted by molar-refractivity contribution is 0.244. The quantitative estimate of drug-likeness (QED) is 0.881. The van der Waals surface area contributed by atoms with Gasteiger partial charge in [-0.3, -0.25) is 0 Å². The molecule has 2 N–H and O–H groups in total. The van der Waals surface area contributed by atoms with Crippen molar-refractivity contribution >= 4 is 10.8 Å². The van der Waals surface area contributed by atoms with Gasteiger partial charge >= 0.3 is 0 Å². The van der Waals surface area contributed by atoms with Crippen molar-refractivity contribution in [3.05, 3.63) is 42.0 Å². The maximum atomic E-state index is 9.89. The standard InChI is InChI=1S/C16H20N2O/c19-16-6-5-13(14-3-1-2-4-15(14)16)7-10-18-11-8-17-9-12-18/h1-6,17,19H,7-12H2. The second kappa shape index (κ2) is 5.59. The van der Waals surface area contributed by atoms with E-state index in [0.717, 1.165) is 44.5 Å². The van der Waals surface area contributed by atoms with Crippen molar-refractivity contribution in [3.63, 3.8) is 0 Å². The fourth-order valence-electron chi connectivity index (χ4n) is 2.78. The summed E-state index contributed by atoms with van der Waals surface area (Å²) in [6, 6.07) is 12.0. The van der Waals surface area contributed by atoms with E-state index in [4.69, 9.17) is 0 Å². The summed E-state index contributed by atoms with van der Waals surface area (Å²) < 4.78 is 0. The topological polar surface area (TPSA) is 35.5 Å². The second-order valence-electron chi connectivity index (χ2n) is 5.13.